The summed E-state index contributed by atoms with van der Waals surface area (Å²) >= 11 is 0. The van der Waals surface area contributed by atoms with Gasteiger partial charge in [0.05, 0.1) is 26.4 Å². The molecule has 0 aromatic heterocycles. The van der Waals surface area contributed by atoms with Gasteiger partial charge < -0.3 is 24.6 Å². The predicted molar refractivity (Wildman–Crippen MR) is 182 cm³/mol. The lowest BCUT2D eigenvalue weighted by Crippen LogP contribution is -2.29. The number of allylic oxidation sites excluding steroid dienone is 4. The molecule has 266 valence electrons. The van der Waals surface area contributed by atoms with Crippen LogP contribution in [0.25, 0.3) is 0 Å². The zero-order chi connectivity index (χ0) is 33.3. The van der Waals surface area contributed by atoms with Gasteiger partial charge in [0.15, 0.2) is 0 Å². The SMILES string of the molecule is CCCCC/C=C\C/C=C\CCCCCCCCOCC(COP(=O)(O)OCC(O)CO)OC(=O)CCCCCCCCCC. The minimum atomic E-state index is -4.50. The largest absolute Gasteiger partial charge is 0.472 e. The fraction of sp³-hybridized carbons (Fsp3) is 0.857. The van der Waals surface area contributed by atoms with Gasteiger partial charge in [-0.3, -0.25) is 13.8 Å². The van der Waals surface area contributed by atoms with E-state index in [0.29, 0.717) is 6.61 Å². The minimum Gasteiger partial charge on any atom is -0.457 e. The van der Waals surface area contributed by atoms with Gasteiger partial charge in [-0.2, -0.15) is 0 Å². The lowest BCUT2D eigenvalue weighted by molar-refractivity contribution is -0.154. The number of esters is 1. The Bertz CT molecular complexity index is 759. The van der Waals surface area contributed by atoms with Crippen molar-refractivity contribution >= 4 is 13.8 Å². The standard InChI is InChI=1S/C35H67O9P/c1-3-5-7-9-11-13-14-15-16-17-18-19-20-22-24-26-28-41-31-34(32-43-45(39,40)42-30-33(37)29-36)44-35(38)27-25-23-21-12-10-8-6-4-2/h11,13,15-16,33-34,36-37H,3-10,12,14,17-32H2,1-2H3,(H,39,40)/b13-11-,16-15-. The highest BCUT2D eigenvalue weighted by atomic mass is 31.2. The number of carbonyl (C=O) groups excluding carboxylic acids is 1. The summed E-state index contributed by atoms with van der Waals surface area (Å²) in [7, 11) is -4.50. The van der Waals surface area contributed by atoms with Crippen molar-refractivity contribution in [2.75, 3.05) is 33.0 Å². The average Bonchev–Trinajstić information content (AvgIpc) is 3.03. The summed E-state index contributed by atoms with van der Waals surface area (Å²) in [6.45, 7) is 3.42. The first-order valence-electron chi connectivity index (χ1n) is 17.8. The van der Waals surface area contributed by atoms with E-state index in [4.69, 9.17) is 23.6 Å². The Kier molecular flexibility index (Phi) is 32.1. The van der Waals surface area contributed by atoms with Crippen LogP contribution in [0.3, 0.4) is 0 Å². The van der Waals surface area contributed by atoms with Crippen LogP contribution in [0.2, 0.25) is 0 Å². The van der Waals surface area contributed by atoms with Crippen LogP contribution in [0.1, 0.15) is 149 Å². The van der Waals surface area contributed by atoms with Crippen LogP contribution in [-0.2, 0) is 27.9 Å². The van der Waals surface area contributed by atoms with E-state index in [2.05, 4.69) is 38.2 Å². The lowest BCUT2D eigenvalue weighted by atomic mass is 10.1. The third-order valence-electron chi connectivity index (χ3n) is 7.39. The molecule has 0 aliphatic heterocycles. The number of carbonyl (C=O) groups is 1. The molecule has 0 rings (SSSR count). The normalized spacial score (nSPS) is 14.7. The lowest BCUT2D eigenvalue weighted by Gasteiger charge is -2.20. The Hall–Kier alpha value is -1.06. The third kappa shape index (κ3) is 32.7. The van der Waals surface area contributed by atoms with Crippen LogP contribution in [0, 0.1) is 0 Å². The van der Waals surface area contributed by atoms with Crippen molar-refractivity contribution in [1.29, 1.82) is 0 Å². The summed E-state index contributed by atoms with van der Waals surface area (Å²) in [6.07, 6.45) is 30.0. The molecule has 0 aliphatic carbocycles. The fourth-order valence-corrected chi connectivity index (χ4v) is 5.41. The second-order valence-corrected chi connectivity index (χ2v) is 13.3. The van der Waals surface area contributed by atoms with E-state index in [0.717, 1.165) is 51.4 Å². The number of aliphatic hydroxyl groups is 2. The average molecular weight is 663 g/mol. The molecule has 0 heterocycles. The van der Waals surface area contributed by atoms with E-state index in [1.165, 1.54) is 77.0 Å². The van der Waals surface area contributed by atoms with Gasteiger partial charge in [0, 0.05) is 13.0 Å². The molecule has 0 saturated carbocycles. The van der Waals surface area contributed by atoms with E-state index in [1.807, 2.05) is 0 Å². The predicted octanol–water partition coefficient (Wildman–Crippen LogP) is 8.75. The third-order valence-corrected chi connectivity index (χ3v) is 8.34. The molecular formula is C35H67O9P. The van der Waals surface area contributed by atoms with E-state index in [1.54, 1.807) is 0 Å². The Labute approximate surface area is 274 Å². The number of phosphoric ester groups is 1. The monoisotopic (exact) mass is 662 g/mol. The molecule has 0 spiro atoms. The van der Waals surface area contributed by atoms with Crippen LogP contribution in [-0.4, -0.2) is 66.3 Å². The van der Waals surface area contributed by atoms with Crippen molar-refractivity contribution in [3.05, 3.63) is 24.3 Å². The fourth-order valence-electron chi connectivity index (χ4n) is 4.62. The molecule has 3 atom stereocenters. The molecule has 3 unspecified atom stereocenters. The zero-order valence-corrected chi connectivity index (χ0v) is 29.5. The van der Waals surface area contributed by atoms with Crippen LogP contribution in [0.15, 0.2) is 24.3 Å². The molecule has 45 heavy (non-hydrogen) atoms. The van der Waals surface area contributed by atoms with Gasteiger partial charge >= 0.3 is 13.8 Å². The van der Waals surface area contributed by atoms with Crippen molar-refractivity contribution in [2.45, 2.75) is 161 Å². The second-order valence-electron chi connectivity index (χ2n) is 11.9. The molecule has 0 aliphatic rings. The number of aliphatic hydroxyl groups excluding tert-OH is 2. The Morgan fingerprint density at radius 1 is 0.689 bits per heavy atom. The second kappa shape index (κ2) is 32.9. The maximum atomic E-state index is 12.4. The number of rotatable bonds is 34. The summed E-state index contributed by atoms with van der Waals surface area (Å²) in [5, 5.41) is 18.2. The smallest absolute Gasteiger partial charge is 0.457 e. The van der Waals surface area contributed by atoms with Gasteiger partial charge in [0.25, 0.3) is 0 Å². The Morgan fingerprint density at radius 2 is 1.20 bits per heavy atom. The van der Waals surface area contributed by atoms with E-state index in [-0.39, 0.29) is 19.6 Å². The van der Waals surface area contributed by atoms with Crippen LogP contribution in [0.5, 0.6) is 0 Å². The Morgan fingerprint density at radius 3 is 1.82 bits per heavy atom. The number of ether oxygens (including phenoxy) is 2. The molecule has 0 fully saturated rings. The van der Waals surface area contributed by atoms with E-state index in [9.17, 15) is 19.4 Å². The number of phosphoric acid groups is 1. The van der Waals surface area contributed by atoms with Gasteiger partial charge in [0.1, 0.15) is 12.2 Å². The molecule has 0 amide bonds. The maximum absolute atomic E-state index is 12.4. The molecule has 0 aromatic carbocycles. The molecule has 0 bridgehead atoms. The van der Waals surface area contributed by atoms with Gasteiger partial charge in [0.2, 0.25) is 0 Å². The van der Waals surface area contributed by atoms with Crippen molar-refractivity contribution in [1.82, 2.24) is 0 Å². The number of hydrogen-bond acceptors (Lipinski definition) is 8. The summed E-state index contributed by atoms with van der Waals surface area (Å²) in [6, 6.07) is 0. The summed E-state index contributed by atoms with van der Waals surface area (Å²) < 4.78 is 33.1. The first-order valence-corrected chi connectivity index (χ1v) is 19.3. The van der Waals surface area contributed by atoms with Crippen molar-refractivity contribution in [3.63, 3.8) is 0 Å². The summed E-state index contributed by atoms with van der Waals surface area (Å²) in [4.78, 5) is 22.3. The molecule has 0 aromatic rings. The highest BCUT2D eigenvalue weighted by molar-refractivity contribution is 7.47. The van der Waals surface area contributed by atoms with Crippen molar-refractivity contribution in [3.8, 4) is 0 Å². The van der Waals surface area contributed by atoms with Crippen LogP contribution < -0.4 is 0 Å². The van der Waals surface area contributed by atoms with Gasteiger partial charge in [-0.1, -0.05) is 122 Å². The first kappa shape index (κ1) is 43.9. The summed E-state index contributed by atoms with van der Waals surface area (Å²) in [5.41, 5.74) is 0. The molecular weight excluding hydrogens is 595 g/mol. The van der Waals surface area contributed by atoms with E-state index < -0.39 is 39.2 Å². The summed E-state index contributed by atoms with van der Waals surface area (Å²) in [5.74, 6) is -0.392. The minimum absolute atomic E-state index is 0.0443. The topological polar surface area (TPSA) is 132 Å². The quantitative estimate of drug-likeness (QED) is 0.0268. The molecule has 9 nitrogen and oxygen atoms in total. The Balaban J connectivity index is 4.22. The number of unbranched alkanes of at least 4 members (excludes halogenated alkanes) is 16. The van der Waals surface area contributed by atoms with Crippen molar-refractivity contribution in [2.24, 2.45) is 0 Å². The van der Waals surface area contributed by atoms with E-state index >= 15 is 0 Å². The van der Waals surface area contributed by atoms with Crippen molar-refractivity contribution < 1.29 is 43.0 Å². The highest BCUT2D eigenvalue weighted by Crippen LogP contribution is 2.43. The molecule has 3 N–H and O–H groups in total. The van der Waals surface area contributed by atoms with Crippen LogP contribution in [0.4, 0.5) is 0 Å². The molecule has 0 radical (unpaired) electrons. The first-order chi connectivity index (χ1) is 21.8. The van der Waals surface area contributed by atoms with Gasteiger partial charge in [-0.15, -0.1) is 0 Å². The number of hydrogen-bond donors (Lipinski definition) is 3. The molecule has 10 heteroatoms. The highest BCUT2D eigenvalue weighted by Gasteiger charge is 2.26. The van der Waals surface area contributed by atoms with Gasteiger partial charge in [-0.05, 0) is 44.9 Å². The van der Waals surface area contributed by atoms with Crippen LogP contribution >= 0.6 is 7.82 Å². The maximum Gasteiger partial charge on any atom is 0.472 e. The zero-order valence-electron chi connectivity index (χ0n) is 28.6. The molecule has 0 saturated heterocycles. The van der Waals surface area contributed by atoms with Gasteiger partial charge in [-0.25, -0.2) is 4.57 Å².